The summed E-state index contributed by atoms with van der Waals surface area (Å²) in [5, 5.41) is 0. The van der Waals surface area contributed by atoms with Gasteiger partial charge in [0.25, 0.3) is 0 Å². The Hall–Kier alpha value is -0.160. The van der Waals surface area contributed by atoms with Crippen LogP contribution in [-0.2, 0) is 19.6 Å². The van der Waals surface area contributed by atoms with Gasteiger partial charge in [-0.3, -0.25) is 0 Å². The molecule has 0 aromatic carbocycles. The molecule has 1 aliphatic carbocycles. The lowest BCUT2D eigenvalue weighted by atomic mass is 9.68. The van der Waals surface area contributed by atoms with Crippen LogP contribution in [0.4, 0.5) is 0 Å². The molecule has 126 valence electrons. The summed E-state index contributed by atoms with van der Waals surface area (Å²) in [6.07, 6.45) is 7.07. The number of hydrogen-bond acceptors (Lipinski definition) is 4. The fourth-order valence-electron chi connectivity index (χ4n) is 2.91. The molecule has 0 aliphatic heterocycles. The summed E-state index contributed by atoms with van der Waals surface area (Å²) >= 11 is 0. The molecule has 0 N–H and O–H groups in total. The van der Waals surface area contributed by atoms with Crippen molar-refractivity contribution in [3.63, 3.8) is 0 Å². The molecule has 1 rings (SSSR count). The maximum absolute atomic E-state index is 5.77. The van der Waals surface area contributed by atoms with Crippen LogP contribution in [0.15, 0.2) is 0 Å². The Balaban J connectivity index is 2.63. The van der Waals surface area contributed by atoms with Crippen molar-refractivity contribution in [1.29, 1.82) is 0 Å². The molecule has 1 atom stereocenters. The number of rotatable bonds is 10. The molecule has 0 saturated heterocycles. The predicted molar refractivity (Wildman–Crippen MR) is 83.4 cm³/mol. The molecule has 4 nitrogen and oxygen atoms in total. The molecule has 1 unspecified atom stereocenters. The normalized spacial score (nSPS) is 24.1. The second kappa shape index (κ2) is 9.09. The van der Waals surface area contributed by atoms with E-state index in [0.29, 0.717) is 19.1 Å². The van der Waals surface area contributed by atoms with Gasteiger partial charge in [-0.1, -0.05) is 47.5 Å². The summed E-state index contributed by atoms with van der Waals surface area (Å²) < 4.78 is 0. The molecule has 21 heavy (non-hydrogen) atoms. The van der Waals surface area contributed by atoms with Gasteiger partial charge in [0.15, 0.2) is 0 Å². The van der Waals surface area contributed by atoms with Crippen molar-refractivity contribution in [2.45, 2.75) is 85.4 Å². The predicted octanol–water partition coefficient (Wildman–Crippen LogP) is 5.03. The maximum Gasteiger partial charge on any atom is 0.238 e. The van der Waals surface area contributed by atoms with E-state index in [1.54, 1.807) is 0 Å². The molecule has 1 fully saturated rings. The van der Waals surface area contributed by atoms with E-state index in [-0.39, 0.29) is 5.41 Å². The zero-order valence-corrected chi connectivity index (χ0v) is 14.6. The molecule has 0 amide bonds. The van der Waals surface area contributed by atoms with E-state index in [1.165, 1.54) is 0 Å². The molecule has 0 bridgehead atoms. The third-order valence-corrected chi connectivity index (χ3v) is 4.41. The quantitative estimate of drug-likeness (QED) is 0.245. The minimum absolute atomic E-state index is 0.136. The van der Waals surface area contributed by atoms with E-state index >= 15 is 0 Å². The molecule has 0 heterocycles. The van der Waals surface area contributed by atoms with Gasteiger partial charge in [0.1, 0.15) is 0 Å². The fraction of sp³-hybridized carbons (Fsp3) is 1.00. The molecule has 4 heteroatoms. The fourth-order valence-corrected chi connectivity index (χ4v) is 2.91. The van der Waals surface area contributed by atoms with E-state index in [2.05, 4.69) is 34.6 Å². The monoisotopic (exact) mass is 302 g/mol. The van der Waals surface area contributed by atoms with Crippen molar-refractivity contribution in [3.05, 3.63) is 0 Å². The first-order chi connectivity index (χ1) is 9.97. The first-order valence-electron chi connectivity index (χ1n) is 8.58. The highest BCUT2D eigenvalue weighted by molar-refractivity contribution is 4.92. The van der Waals surface area contributed by atoms with Crippen LogP contribution >= 0.6 is 0 Å². The van der Waals surface area contributed by atoms with Crippen LogP contribution in [0.25, 0.3) is 0 Å². The summed E-state index contributed by atoms with van der Waals surface area (Å²) in [5.74, 6) is -0.118. The van der Waals surface area contributed by atoms with Crippen molar-refractivity contribution >= 4 is 0 Å². The molecule has 1 saturated carbocycles. The van der Waals surface area contributed by atoms with E-state index < -0.39 is 5.79 Å². The lowest BCUT2D eigenvalue weighted by Gasteiger charge is -2.48. The molecule has 0 spiro atoms. The van der Waals surface area contributed by atoms with Crippen LogP contribution in [0, 0.1) is 11.3 Å². The second-order valence-electron chi connectivity index (χ2n) is 7.00. The van der Waals surface area contributed by atoms with Crippen LogP contribution < -0.4 is 0 Å². The van der Waals surface area contributed by atoms with Crippen molar-refractivity contribution in [3.8, 4) is 0 Å². The van der Waals surface area contributed by atoms with Gasteiger partial charge in [-0.25, -0.2) is 9.78 Å². The maximum atomic E-state index is 5.77. The zero-order chi connectivity index (χ0) is 15.8. The van der Waals surface area contributed by atoms with Crippen molar-refractivity contribution in [2.24, 2.45) is 11.3 Å². The van der Waals surface area contributed by atoms with Crippen LogP contribution in [0.1, 0.15) is 79.6 Å². The molecular formula is C17H34O4. The summed E-state index contributed by atoms with van der Waals surface area (Å²) in [6, 6.07) is 0. The van der Waals surface area contributed by atoms with E-state index in [9.17, 15) is 0 Å². The van der Waals surface area contributed by atoms with Crippen molar-refractivity contribution in [1.82, 2.24) is 0 Å². The van der Waals surface area contributed by atoms with Gasteiger partial charge in [0, 0.05) is 11.8 Å². The standard InChI is InChI=1S/C17H34O4/c1-6-8-12-18-20-17(21-19-13-9-7-2)11-10-15(3)14-16(17,4)5/h15H,6-14H2,1-5H3. The highest BCUT2D eigenvalue weighted by atomic mass is 17.3. The molecule has 1 aliphatic rings. The molecule has 0 aromatic heterocycles. The summed E-state index contributed by atoms with van der Waals surface area (Å²) in [6.45, 7) is 12.1. The average molecular weight is 302 g/mol. The third kappa shape index (κ3) is 5.51. The SMILES string of the molecule is CCCCOOC1(OOCCCC)CCC(C)CC1(C)C. The molecule has 0 aromatic rings. The average Bonchev–Trinajstić information content (AvgIpc) is 2.43. The van der Waals surface area contributed by atoms with Crippen LogP contribution in [0.2, 0.25) is 0 Å². The van der Waals surface area contributed by atoms with E-state index in [0.717, 1.165) is 44.9 Å². The van der Waals surface area contributed by atoms with Crippen molar-refractivity contribution < 1.29 is 19.6 Å². The smallest absolute Gasteiger partial charge is 0.234 e. The van der Waals surface area contributed by atoms with Crippen molar-refractivity contribution in [2.75, 3.05) is 13.2 Å². The largest absolute Gasteiger partial charge is 0.238 e. The Labute approximate surface area is 130 Å². The second-order valence-corrected chi connectivity index (χ2v) is 7.00. The lowest BCUT2D eigenvalue weighted by molar-refractivity contribution is -0.541. The van der Waals surface area contributed by atoms with Gasteiger partial charge < -0.3 is 0 Å². The van der Waals surface area contributed by atoms with E-state index in [1.807, 2.05) is 0 Å². The summed E-state index contributed by atoms with van der Waals surface area (Å²) in [7, 11) is 0. The van der Waals surface area contributed by atoms with Gasteiger partial charge in [-0.2, -0.15) is 9.78 Å². The number of hydrogen-bond donors (Lipinski definition) is 0. The van der Waals surface area contributed by atoms with Gasteiger partial charge >= 0.3 is 0 Å². The summed E-state index contributed by atoms with van der Waals surface area (Å²) in [5.41, 5.74) is -0.136. The van der Waals surface area contributed by atoms with Gasteiger partial charge in [0.2, 0.25) is 5.79 Å². The topological polar surface area (TPSA) is 36.9 Å². The Bertz CT molecular complexity index is 266. The Morgan fingerprint density at radius 1 is 0.952 bits per heavy atom. The van der Waals surface area contributed by atoms with E-state index in [4.69, 9.17) is 19.6 Å². The Morgan fingerprint density at radius 2 is 1.48 bits per heavy atom. The minimum atomic E-state index is -0.791. The molecule has 0 radical (unpaired) electrons. The first-order valence-corrected chi connectivity index (χ1v) is 8.58. The highest BCUT2D eigenvalue weighted by Crippen LogP contribution is 2.49. The summed E-state index contributed by atoms with van der Waals surface area (Å²) in [4.78, 5) is 22.4. The zero-order valence-electron chi connectivity index (χ0n) is 14.6. The Kier molecular flexibility index (Phi) is 8.17. The molecular weight excluding hydrogens is 268 g/mol. The lowest BCUT2D eigenvalue weighted by Crippen LogP contribution is -2.53. The minimum Gasteiger partial charge on any atom is -0.234 e. The van der Waals surface area contributed by atoms with Gasteiger partial charge in [0.05, 0.1) is 13.2 Å². The van der Waals surface area contributed by atoms with Gasteiger partial charge in [-0.15, -0.1) is 0 Å². The van der Waals surface area contributed by atoms with Gasteiger partial charge in [-0.05, 0) is 31.6 Å². The van der Waals surface area contributed by atoms with Crippen LogP contribution in [0.5, 0.6) is 0 Å². The number of unbranched alkanes of at least 4 members (excludes halogenated alkanes) is 2. The Morgan fingerprint density at radius 3 is 1.90 bits per heavy atom. The first kappa shape index (κ1) is 18.9. The highest BCUT2D eigenvalue weighted by Gasteiger charge is 2.53. The van der Waals surface area contributed by atoms with Crippen LogP contribution in [-0.4, -0.2) is 19.0 Å². The van der Waals surface area contributed by atoms with Crippen LogP contribution in [0.3, 0.4) is 0 Å². The third-order valence-electron chi connectivity index (χ3n) is 4.41.